The maximum absolute atomic E-state index is 12.4. The van der Waals surface area contributed by atoms with Crippen LogP contribution in [-0.4, -0.2) is 15.7 Å². The van der Waals surface area contributed by atoms with E-state index in [1.807, 2.05) is 0 Å². The summed E-state index contributed by atoms with van der Waals surface area (Å²) in [5.41, 5.74) is -1.30. The lowest BCUT2D eigenvalue weighted by atomic mass is 10.2. The zero-order valence-corrected chi connectivity index (χ0v) is 11.4. The number of carbonyl (C=O) groups excluding carboxylic acids is 1. The maximum Gasteiger partial charge on any atom is 0.418 e. The monoisotopic (exact) mass is 312 g/mol. The van der Waals surface area contributed by atoms with Gasteiger partial charge < -0.3 is 4.74 Å². The first-order valence-electron chi connectivity index (χ1n) is 6.17. The SMILES string of the molecule is CC(=O)Oc1ccc(Cn2ncc(C(F)(F)F)cc2=O)cc1. The molecule has 0 saturated heterocycles. The molecule has 0 bridgehead atoms. The van der Waals surface area contributed by atoms with Crippen molar-refractivity contribution in [1.29, 1.82) is 0 Å². The van der Waals surface area contributed by atoms with Crippen LogP contribution in [0.15, 0.2) is 41.3 Å². The van der Waals surface area contributed by atoms with Crippen LogP contribution in [0, 0.1) is 0 Å². The van der Waals surface area contributed by atoms with E-state index < -0.39 is 23.3 Å². The first-order chi connectivity index (χ1) is 10.3. The van der Waals surface area contributed by atoms with Crippen molar-refractivity contribution in [1.82, 2.24) is 9.78 Å². The minimum atomic E-state index is -4.60. The molecule has 0 atom stereocenters. The number of hydrogen-bond donors (Lipinski definition) is 0. The summed E-state index contributed by atoms with van der Waals surface area (Å²) in [5, 5.41) is 3.51. The zero-order valence-electron chi connectivity index (χ0n) is 11.4. The highest BCUT2D eigenvalue weighted by Gasteiger charge is 2.31. The number of benzene rings is 1. The molecule has 0 spiro atoms. The number of ether oxygens (including phenoxy) is 1. The number of carbonyl (C=O) groups is 1. The van der Waals surface area contributed by atoms with E-state index in [1.165, 1.54) is 19.1 Å². The highest BCUT2D eigenvalue weighted by atomic mass is 19.4. The van der Waals surface area contributed by atoms with E-state index in [1.54, 1.807) is 12.1 Å². The quantitative estimate of drug-likeness (QED) is 0.644. The van der Waals surface area contributed by atoms with Crippen molar-refractivity contribution in [3.8, 4) is 5.75 Å². The van der Waals surface area contributed by atoms with E-state index in [2.05, 4.69) is 5.10 Å². The molecule has 0 N–H and O–H groups in total. The molecule has 0 unspecified atom stereocenters. The molecule has 1 aromatic heterocycles. The fraction of sp³-hybridized carbons (Fsp3) is 0.214. The van der Waals surface area contributed by atoms with Gasteiger partial charge in [0.2, 0.25) is 0 Å². The third kappa shape index (κ3) is 3.94. The van der Waals surface area contributed by atoms with Crippen LogP contribution in [0.3, 0.4) is 0 Å². The molecule has 0 fully saturated rings. The Kier molecular flexibility index (Phi) is 4.30. The first kappa shape index (κ1) is 15.7. The van der Waals surface area contributed by atoms with Crippen LogP contribution in [0.1, 0.15) is 18.1 Å². The van der Waals surface area contributed by atoms with Crippen molar-refractivity contribution < 1.29 is 22.7 Å². The van der Waals surface area contributed by atoms with Crippen molar-refractivity contribution in [3.05, 3.63) is 58.0 Å². The topological polar surface area (TPSA) is 61.2 Å². The number of esters is 1. The van der Waals surface area contributed by atoms with Gasteiger partial charge in [-0.25, -0.2) is 4.68 Å². The van der Waals surface area contributed by atoms with Gasteiger partial charge in [0.25, 0.3) is 5.56 Å². The van der Waals surface area contributed by atoms with Crippen LogP contribution in [0.4, 0.5) is 13.2 Å². The molecule has 1 aromatic carbocycles. The molecule has 0 saturated carbocycles. The summed E-state index contributed by atoms with van der Waals surface area (Å²) >= 11 is 0. The molecular formula is C14H11F3N2O3. The Labute approximate surface area is 122 Å². The third-order valence-electron chi connectivity index (χ3n) is 2.71. The normalized spacial score (nSPS) is 11.3. The van der Waals surface area contributed by atoms with E-state index in [4.69, 9.17) is 4.74 Å². The molecule has 1 heterocycles. The molecule has 8 heteroatoms. The van der Waals surface area contributed by atoms with Gasteiger partial charge >= 0.3 is 12.1 Å². The van der Waals surface area contributed by atoms with Crippen LogP contribution in [0.5, 0.6) is 5.75 Å². The van der Waals surface area contributed by atoms with Gasteiger partial charge in [0, 0.05) is 13.0 Å². The average molecular weight is 312 g/mol. The Hall–Kier alpha value is -2.64. The van der Waals surface area contributed by atoms with Crippen molar-refractivity contribution in [2.24, 2.45) is 0 Å². The molecule has 2 aromatic rings. The van der Waals surface area contributed by atoms with E-state index in [-0.39, 0.29) is 6.54 Å². The minimum absolute atomic E-state index is 0.0112. The summed E-state index contributed by atoms with van der Waals surface area (Å²) in [4.78, 5) is 22.4. The second-order valence-corrected chi connectivity index (χ2v) is 4.48. The average Bonchev–Trinajstić information content (AvgIpc) is 2.41. The maximum atomic E-state index is 12.4. The Bertz CT molecular complexity index is 736. The van der Waals surface area contributed by atoms with Crippen molar-refractivity contribution >= 4 is 5.97 Å². The molecule has 22 heavy (non-hydrogen) atoms. The summed E-state index contributed by atoms with van der Waals surface area (Å²) in [6, 6.07) is 6.71. The molecule has 0 aliphatic rings. The number of halogens is 3. The Balaban J connectivity index is 2.17. The lowest BCUT2D eigenvalue weighted by Gasteiger charge is -2.08. The van der Waals surface area contributed by atoms with Gasteiger partial charge in [-0.05, 0) is 17.7 Å². The van der Waals surface area contributed by atoms with Crippen LogP contribution >= 0.6 is 0 Å². The molecule has 0 aliphatic heterocycles. The summed E-state index contributed by atoms with van der Waals surface area (Å²) in [6.45, 7) is 1.27. The fourth-order valence-corrected chi connectivity index (χ4v) is 1.71. The smallest absolute Gasteiger partial charge is 0.418 e. The number of rotatable bonds is 3. The molecule has 2 rings (SSSR count). The van der Waals surface area contributed by atoms with Gasteiger partial charge in [0.15, 0.2) is 0 Å². The number of nitrogens with zero attached hydrogens (tertiary/aromatic N) is 2. The molecule has 0 aliphatic carbocycles. The van der Waals surface area contributed by atoms with Crippen molar-refractivity contribution in [2.75, 3.05) is 0 Å². The summed E-state index contributed by atoms with van der Waals surface area (Å²) in [6.07, 6.45) is -3.99. The van der Waals surface area contributed by atoms with Gasteiger partial charge in [-0.15, -0.1) is 0 Å². The van der Waals surface area contributed by atoms with Crippen LogP contribution < -0.4 is 10.3 Å². The van der Waals surface area contributed by atoms with E-state index >= 15 is 0 Å². The van der Waals surface area contributed by atoms with E-state index in [0.717, 1.165) is 4.68 Å². The predicted molar refractivity (Wildman–Crippen MR) is 70.4 cm³/mol. The van der Waals surface area contributed by atoms with Crippen LogP contribution in [0.25, 0.3) is 0 Å². The lowest BCUT2D eigenvalue weighted by Crippen LogP contribution is -2.25. The Morgan fingerprint density at radius 2 is 1.91 bits per heavy atom. The van der Waals surface area contributed by atoms with Gasteiger partial charge in [0.05, 0.1) is 18.3 Å². The highest BCUT2D eigenvalue weighted by molar-refractivity contribution is 5.69. The Morgan fingerprint density at radius 1 is 1.27 bits per heavy atom. The summed E-state index contributed by atoms with van der Waals surface area (Å²) < 4.78 is 43.1. The molecular weight excluding hydrogens is 301 g/mol. The van der Waals surface area contributed by atoms with E-state index in [0.29, 0.717) is 23.6 Å². The highest BCUT2D eigenvalue weighted by Crippen LogP contribution is 2.27. The third-order valence-corrected chi connectivity index (χ3v) is 2.71. The second kappa shape index (κ2) is 6.00. The number of hydrogen-bond acceptors (Lipinski definition) is 4. The van der Waals surface area contributed by atoms with Gasteiger partial charge in [-0.3, -0.25) is 9.59 Å². The number of aromatic nitrogens is 2. The molecule has 0 amide bonds. The van der Waals surface area contributed by atoms with Crippen molar-refractivity contribution in [2.45, 2.75) is 19.6 Å². The van der Waals surface area contributed by atoms with Gasteiger partial charge in [0.1, 0.15) is 5.75 Å². The van der Waals surface area contributed by atoms with Gasteiger partial charge in [-0.1, -0.05) is 12.1 Å². The fourth-order valence-electron chi connectivity index (χ4n) is 1.71. The van der Waals surface area contributed by atoms with Crippen LogP contribution in [-0.2, 0) is 17.5 Å². The second-order valence-electron chi connectivity index (χ2n) is 4.48. The van der Waals surface area contributed by atoms with Crippen LogP contribution in [0.2, 0.25) is 0 Å². The van der Waals surface area contributed by atoms with E-state index in [9.17, 15) is 22.8 Å². The lowest BCUT2D eigenvalue weighted by molar-refractivity contribution is -0.138. The predicted octanol–water partition coefficient (Wildman–Crippen LogP) is 2.24. The molecule has 116 valence electrons. The zero-order chi connectivity index (χ0) is 16.3. The largest absolute Gasteiger partial charge is 0.427 e. The minimum Gasteiger partial charge on any atom is -0.427 e. The summed E-state index contributed by atoms with van der Waals surface area (Å²) in [7, 11) is 0. The van der Waals surface area contributed by atoms with Gasteiger partial charge in [-0.2, -0.15) is 18.3 Å². The number of alkyl halides is 3. The molecule has 0 radical (unpaired) electrons. The Morgan fingerprint density at radius 3 is 2.41 bits per heavy atom. The first-order valence-corrected chi connectivity index (χ1v) is 6.17. The van der Waals surface area contributed by atoms with Crippen molar-refractivity contribution in [3.63, 3.8) is 0 Å². The summed E-state index contributed by atoms with van der Waals surface area (Å²) in [5.74, 6) is -0.127. The standard InChI is InChI=1S/C14H11F3N2O3/c1-9(20)22-12-4-2-10(3-5-12)8-19-13(21)6-11(7-18-19)14(15,16)17/h2-7H,8H2,1H3. The molecule has 5 nitrogen and oxygen atoms in total.